The molecule has 1 heterocycles. The lowest BCUT2D eigenvalue weighted by Gasteiger charge is -2.07. The van der Waals surface area contributed by atoms with Gasteiger partial charge in [-0.15, -0.1) is 0 Å². The fourth-order valence-corrected chi connectivity index (χ4v) is 0.926. The first-order valence-electron chi connectivity index (χ1n) is 4.14. The highest BCUT2D eigenvalue weighted by Gasteiger charge is 2.14. The summed E-state index contributed by atoms with van der Waals surface area (Å²) in [6.45, 7) is 1.41. The second kappa shape index (κ2) is 4.45. The first-order valence-corrected chi connectivity index (χ1v) is 4.14. The highest BCUT2D eigenvalue weighted by molar-refractivity contribution is 5.84. The highest BCUT2D eigenvalue weighted by Crippen LogP contribution is 2.00. The van der Waals surface area contributed by atoms with Crippen LogP contribution in [0.5, 0.6) is 0 Å². The summed E-state index contributed by atoms with van der Waals surface area (Å²) in [7, 11) is 0. The van der Waals surface area contributed by atoms with Gasteiger partial charge in [-0.25, -0.2) is 0 Å². The van der Waals surface area contributed by atoms with E-state index in [0.717, 1.165) is 0 Å². The number of rotatable bonds is 4. The fourth-order valence-electron chi connectivity index (χ4n) is 0.926. The standard InChI is InChI=1S/C9H11NO4/c1-6(9(12)13)10-8(11)5-7-3-2-4-14-7/h2-4,6H,5H2,1H3,(H,10,11)(H,12,13). The molecule has 0 fully saturated rings. The van der Waals surface area contributed by atoms with E-state index in [1.54, 1.807) is 12.1 Å². The molecule has 1 aromatic heterocycles. The summed E-state index contributed by atoms with van der Waals surface area (Å²) < 4.78 is 4.94. The Balaban J connectivity index is 2.40. The molecule has 0 aromatic carbocycles. The van der Waals surface area contributed by atoms with Crippen LogP contribution in [0, 0.1) is 0 Å². The van der Waals surface area contributed by atoms with E-state index >= 15 is 0 Å². The van der Waals surface area contributed by atoms with Crippen molar-refractivity contribution in [3.05, 3.63) is 24.2 Å². The lowest BCUT2D eigenvalue weighted by Crippen LogP contribution is -2.39. The van der Waals surface area contributed by atoms with Crippen LogP contribution in [0.4, 0.5) is 0 Å². The number of hydrogen-bond acceptors (Lipinski definition) is 3. The number of hydrogen-bond donors (Lipinski definition) is 2. The van der Waals surface area contributed by atoms with Crippen molar-refractivity contribution in [2.24, 2.45) is 0 Å². The Morgan fingerprint density at radius 2 is 2.36 bits per heavy atom. The first-order chi connectivity index (χ1) is 6.59. The van der Waals surface area contributed by atoms with Crippen molar-refractivity contribution in [3.63, 3.8) is 0 Å². The Labute approximate surface area is 80.7 Å². The minimum absolute atomic E-state index is 0.0601. The minimum atomic E-state index is -1.06. The molecule has 2 N–H and O–H groups in total. The average molecular weight is 197 g/mol. The lowest BCUT2D eigenvalue weighted by atomic mass is 10.3. The highest BCUT2D eigenvalue weighted by atomic mass is 16.4. The molecule has 5 nitrogen and oxygen atoms in total. The second-order valence-electron chi connectivity index (χ2n) is 2.88. The fraction of sp³-hybridized carbons (Fsp3) is 0.333. The van der Waals surface area contributed by atoms with Gasteiger partial charge in [0.25, 0.3) is 0 Å². The molecular formula is C9H11NO4. The minimum Gasteiger partial charge on any atom is -0.480 e. The van der Waals surface area contributed by atoms with E-state index in [2.05, 4.69) is 5.32 Å². The van der Waals surface area contributed by atoms with Gasteiger partial charge in [0, 0.05) is 0 Å². The average Bonchev–Trinajstić information content (AvgIpc) is 2.56. The predicted molar refractivity (Wildman–Crippen MR) is 47.7 cm³/mol. The second-order valence-corrected chi connectivity index (χ2v) is 2.88. The zero-order valence-electron chi connectivity index (χ0n) is 7.69. The number of carbonyl (C=O) groups is 2. The molecular weight excluding hydrogens is 186 g/mol. The lowest BCUT2D eigenvalue weighted by molar-refractivity contribution is -0.141. The molecule has 76 valence electrons. The number of carbonyl (C=O) groups excluding carboxylic acids is 1. The molecule has 0 saturated carbocycles. The Kier molecular flexibility index (Phi) is 3.28. The van der Waals surface area contributed by atoms with Crippen molar-refractivity contribution in [1.29, 1.82) is 0 Å². The molecule has 1 unspecified atom stereocenters. The molecule has 0 spiro atoms. The zero-order valence-corrected chi connectivity index (χ0v) is 7.69. The van der Waals surface area contributed by atoms with Gasteiger partial charge in [-0.1, -0.05) is 0 Å². The Morgan fingerprint density at radius 1 is 1.64 bits per heavy atom. The summed E-state index contributed by atoms with van der Waals surface area (Å²) in [6, 6.07) is 2.45. The van der Waals surface area contributed by atoms with Gasteiger partial charge in [0.05, 0.1) is 12.7 Å². The molecule has 0 radical (unpaired) electrons. The van der Waals surface area contributed by atoms with Crippen LogP contribution >= 0.6 is 0 Å². The molecule has 1 aromatic rings. The molecule has 0 aliphatic heterocycles. The van der Waals surface area contributed by atoms with Crippen LogP contribution < -0.4 is 5.32 Å². The van der Waals surface area contributed by atoms with Crippen LogP contribution in [0.25, 0.3) is 0 Å². The van der Waals surface area contributed by atoms with E-state index in [-0.39, 0.29) is 12.3 Å². The maximum Gasteiger partial charge on any atom is 0.325 e. The van der Waals surface area contributed by atoms with Crippen molar-refractivity contribution in [2.75, 3.05) is 0 Å². The van der Waals surface area contributed by atoms with Gasteiger partial charge >= 0.3 is 5.97 Å². The van der Waals surface area contributed by atoms with Crippen LogP contribution in [0.2, 0.25) is 0 Å². The van der Waals surface area contributed by atoms with Gasteiger partial charge in [0.15, 0.2) is 0 Å². The van der Waals surface area contributed by atoms with Gasteiger partial charge in [0.1, 0.15) is 11.8 Å². The van der Waals surface area contributed by atoms with Crippen LogP contribution in [-0.4, -0.2) is 23.0 Å². The van der Waals surface area contributed by atoms with Gasteiger partial charge < -0.3 is 14.8 Å². The molecule has 1 rings (SSSR count). The van der Waals surface area contributed by atoms with Crippen molar-refractivity contribution < 1.29 is 19.1 Å². The summed E-state index contributed by atoms with van der Waals surface area (Å²) >= 11 is 0. The summed E-state index contributed by atoms with van der Waals surface area (Å²) in [5.74, 6) is -0.910. The van der Waals surface area contributed by atoms with Crippen LogP contribution in [0.1, 0.15) is 12.7 Å². The number of furan rings is 1. The predicted octanol–water partition coefficient (Wildman–Crippen LogP) is 0.411. The SMILES string of the molecule is CC(NC(=O)Cc1ccco1)C(=O)O. The largest absolute Gasteiger partial charge is 0.480 e. The molecule has 0 aliphatic rings. The van der Waals surface area contributed by atoms with Gasteiger partial charge in [-0.05, 0) is 19.1 Å². The van der Waals surface area contributed by atoms with Crippen molar-refractivity contribution in [1.82, 2.24) is 5.32 Å². The summed E-state index contributed by atoms with van der Waals surface area (Å²) in [4.78, 5) is 21.6. The van der Waals surface area contributed by atoms with Crippen molar-refractivity contribution in [3.8, 4) is 0 Å². The van der Waals surface area contributed by atoms with E-state index in [9.17, 15) is 9.59 Å². The number of carboxylic acids is 1. The molecule has 1 amide bonds. The van der Waals surface area contributed by atoms with Crippen molar-refractivity contribution in [2.45, 2.75) is 19.4 Å². The van der Waals surface area contributed by atoms with Crippen molar-refractivity contribution >= 4 is 11.9 Å². The Bertz CT molecular complexity index is 318. The van der Waals surface area contributed by atoms with Crippen LogP contribution in [0.3, 0.4) is 0 Å². The normalized spacial score (nSPS) is 12.1. The summed E-state index contributed by atoms with van der Waals surface area (Å²) in [5.41, 5.74) is 0. The molecule has 5 heteroatoms. The Hall–Kier alpha value is -1.78. The molecule has 0 saturated heterocycles. The molecule has 0 aliphatic carbocycles. The third-order valence-electron chi connectivity index (χ3n) is 1.66. The third kappa shape index (κ3) is 2.93. The van der Waals surface area contributed by atoms with E-state index in [1.807, 2.05) is 0 Å². The van der Waals surface area contributed by atoms with E-state index in [1.165, 1.54) is 13.2 Å². The topological polar surface area (TPSA) is 79.5 Å². The molecule has 14 heavy (non-hydrogen) atoms. The van der Waals surface area contributed by atoms with E-state index in [0.29, 0.717) is 5.76 Å². The maximum atomic E-state index is 11.2. The quantitative estimate of drug-likeness (QED) is 0.732. The number of carboxylic acid groups (broad SMARTS) is 1. The van der Waals surface area contributed by atoms with Crippen LogP contribution in [-0.2, 0) is 16.0 Å². The van der Waals surface area contributed by atoms with Gasteiger partial charge in [-0.2, -0.15) is 0 Å². The molecule has 1 atom stereocenters. The number of amides is 1. The van der Waals surface area contributed by atoms with E-state index < -0.39 is 12.0 Å². The monoisotopic (exact) mass is 197 g/mol. The van der Waals surface area contributed by atoms with Gasteiger partial charge in [-0.3, -0.25) is 9.59 Å². The summed E-state index contributed by atoms with van der Waals surface area (Å²) in [5, 5.41) is 10.8. The molecule has 0 bridgehead atoms. The summed E-state index contributed by atoms with van der Waals surface area (Å²) in [6.07, 6.45) is 1.52. The Morgan fingerprint density at radius 3 is 2.86 bits per heavy atom. The van der Waals surface area contributed by atoms with E-state index in [4.69, 9.17) is 9.52 Å². The van der Waals surface area contributed by atoms with Crippen LogP contribution in [0.15, 0.2) is 22.8 Å². The zero-order chi connectivity index (χ0) is 10.6. The number of nitrogens with one attached hydrogen (secondary N) is 1. The number of aliphatic carboxylic acids is 1. The maximum absolute atomic E-state index is 11.2. The van der Waals surface area contributed by atoms with Gasteiger partial charge in [0.2, 0.25) is 5.91 Å². The first kappa shape index (κ1) is 10.3. The smallest absolute Gasteiger partial charge is 0.325 e. The third-order valence-corrected chi connectivity index (χ3v) is 1.66.